The van der Waals surface area contributed by atoms with Crippen molar-refractivity contribution in [3.05, 3.63) is 71.3 Å². The number of carbonyl (C=O) groups is 1. The van der Waals surface area contributed by atoms with Gasteiger partial charge < -0.3 is 5.11 Å². The number of hydrogen-bond donors (Lipinski definition) is 1. The van der Waals surface area contributed by atoms with Gasteiger partial charge >= 0.3 is 0 Å². The molecule has 126 valence electrons. The summed E-state index contributed by atoms with van der Waals surface area (Å²) in [6.45, 7) is 0.215. The molecule has 6 nitrogen and oxygen atoms in total. The van der Waals surface area contributed by atoms with Gasteiger partial charge in [0.1, 0.15) is 23.5 Å². The van der Waals surface area contributed by atoms with E-state index in [2.05, 4.69) is 9.97 Å². The number of aromatic nitrogens is 2. The maximum Gasteiger partial charge on any atom is 0.260 e. The van der Waals surface area contributed by atoms with Gasteiger partial charge in [0.2, 0.25) is 0 Å². The van der Waals surface area contributed by atoms with Gasteiger partial charge in [0, 0.05) is 35.2 Å². The molecule has 1 aliphatic heterocycles. The van der Waals surface area contributed by atoms with Crippen molar-refractivity contribution in [2.45, 2.75) is 6.54 Å². The van der Waals surface area contributed by atoms with Gasteiger partial charge in [-0.05, 0) is 30.3 Å². The first-order chi connectivity index (χ1) is 12.6. The predicted molar refractivity (Wildman–Crippen MR) is 90.8 cm³/mol. The third-order valence-electron chi connectivity index (χ3n) is 4.22. The van der Waals surface area contributed by atoms with E-state index in [0.717, 1.165) is 6.07 Å². The molecular weight excluding hydrogens is 335 g/mol. The van der Waals surface area contributed by atoms with Gasteiger partial charge in [-0.2, -0.15) is 5.26 Å². The minimum absolute atomic E-state index is 0.215. The Morgan fingerprint density at radius 3 is 2.69 bits per heavy atom. The van der Waals surface area contributed by atoms with Crippen LogP contribution in [0.25, 0.3) is 11.3 Å². The number of amides is 1. The second-order valence-electron chi connectivity index (χ2n) is 5.76. The molecule has 1 aliphatic rings. The number of hydrogen-bond acceptors (Lipinski definition) is 5. The van der Waals surface area contributed by atoms with E-state index in [4.69, 9.17) is 5.26 Å². The summed E-state index contributed by atoms with van der Waals surface area (Å²) in [7, 11) is 0. The molecule has 0 unspecified atom stereocenters. The number of nitriles is 1. The van der Waals surface area contributed by atoms with E-state index in [1.807, 2.05) is 6.07 Å². The van der Waals surface area contributed by atoms with E-state index in [0.29, 0.717) is 33.8 Å². The Kier molecular flexibility index (Phi) is 3.59. The lowest BCUT2D eigenvalue weighted by atomic mass is 10.0. The minimum Gasteiger partial charge on any atom is -0.507 e. The molecule has 3 heterocycles. The fourth-order valence-electron chi connectivity index (χ4n) is 2.96. The molecule has 1 aromatic carbocycles. The summed E-state index contributed by atoms with van der Waals surface area (Å²) in [6, 6.07) is 10.4. The molecule has 4 rings (SSSR count). The highest BCUT2D eigenvalue weighted by Crippen LogP contribution is 2.36. The zero-order valence-electron chi connectivity index (χ0n) is 13.3. The van der Waals surface area contributed by atoms with Crippen LogP contribution in [0.5, 0.6) is 5.75 Å². The molecule has 0 aliphatic carbocycles. The third-order valence-corrected chi connectivity index (χ3v) is 4.22. The van der Waals surface area contributed by atoms with Gasteiger partial charge in [-0.25, -0.2) is 9.37 Å². The van der Waals surface area contributed by atoms with Gasteiger partial charge in [-0.1, -0.05) is 0 Å². The lowest BCUT2D eigenvalue weighted by Gasteiger charge is -2.14. The van der Waals surface area contributed by atoms with Crippen LogP contribution in [0.2, 0.25) is 0 Å². The van der Waals surface area contributed by atoms with Crippen LogP contribution in [0.4, 0.5) is 10.2 Å². The molecule has 0 saturated heterocycles. The van der Waals surface area contributed by atoms with Crippen molar-refractivity contribution in [3.8, 4) is 23.1 Å². The van der Waals surface area contributed by atoms with Crippen LogP contribution in [-0.2, 0) is 6.54 Å². The van der Waals surface area contributed by atoms with Gasteiger partial charge in [0.05, 0.1) is 17.8 Å². The number of benzene rings is 1. The van der Waals surface area contributed by atoms with Crippen LogP contribution in [-0.4, -0.2) is 21.0 Å². The molecule has 7 heteroatoms. The number of aromatic hydroxyl groups is 1. The molecule has 0 atom stereocenters. The average Bonchev–Trinajstić information content (AvgIpc) is 2.99. The first kappa shape index (κ1) is 15.7. The Bertz CT molecular complexity index is 1070. The number of phenols is 1. The molecule has 0 fully saturated rings. The summed E-state index contributed by atoms with van der Waals surface area (Å²) in [6.07, 6.45) is 2.88. The summed E-state index contributed by atoms with van der Waals surface area (Å²) < 4.78 is 13.3. The van der Waals surface area contributed by atoms with Crippen molar-refractivity contribution in [1.29, 1.82) is 5.26 Å². The number of anilines is 1. The number of pyridine rings is 2. The molecule has 0 spiro atoms. The summed E-state index contributed by atoms with van der Waals surface area (Å²) in [5, 5.41) is 18.9. The van der Waals surface area contributed by atoms with Crippen LogP contribution >= 0.6 is 0 Å². The lowest BCUT2D eigenvalue weighted by Crippen LogP contribution is -2.23. The number of rotatable bonds is 2. The molecule has 0 bridgehead atoms. The summed E-state index contributed by atoms with van der Waals surface area (Å²) in [5.74, 6) is -0.631. The molecule has 0 saturated carbocycles. The summed E-state index contributed by atoms with van der Waals surface area (Å²) in [5.41, 5.74) is 2.25. The summed E-state index contributed by atoms with van der Waals surface area (Å²) >= 11 is 0. The Morgan fingerprint density at radius 2 is 2.00 bits per heavy atom. The minimum atomic E-state index is -0.557. The highest BCUT2D eigenvalue weighted by Gasteiger charge is 2.32. The van der Waals surface area contributed by atoms with Crippen LogP contribution in [0.15, 0.2) is 48.8 Å². The molecule has 1 N–H and O–H groups in total. The highest BCUT2D eigenvalue weighted by molar-refractivity contribution is 6.10. The first-order valence-electron chi connectivity index (χ1n) is 7.73. The number of halogens is 1. The first-order valence-corrected chi connectivity index (χ1v) is 7.73. The highest BCUT2D eigenvalue weighted by atomic mass is 19.1. The van der Waals surface area contributed by atoms with Crippen molar-refractivity contribution in [2.75, 3.05) is 4.90 Å². The molecule has 3 aromatic rings. The predicted octanol–water partition coefficient (Wildman–Crippen LogP) is 3.02. The number of nitrogens with zero attached hydrogens (tertiary/aromatic N) is 4. The van der Waals surface area contributed by atoms with Crippen LogP contribution in [0.1, 0.15) is 21.5 Å². The SMILES string of the molecule is N#Cc1ccc(N2Cc3c(ccnc3-c3ccc(F)cc3O)C2=O)nc1. The Labute approximate surface area is 147 Å². The van der Waals surface area contributed by atoms with Gasteiger partial charge in [-0.3, -0.25) is 14.7 Å². The van der Waals surface area contributed by atoms with Crippen molar-refractivity contribution in [3.63, 3.8) is 0 Å². The zero-order chi connectivity index (χ0) is 18.3. The smallest absolute Gasteiger partial charge is 0.260 e. The fourth-order valence-corrected chi connectivity index (χ4v) is 2.96. The third kappa shape index (κ3) is 2.45. The molecule has 26 heavy (non-hydrogen) atoms. The van der Waals surface area contributed by atoms with E-state index < -0.39 is 5.82 Å². The van der Waals surface area contributed by atoms with Gasteiger partial charge in [0.15, 0.2) is 0 Å². The second kappa shape index (κ2) is 5.93. The van der Waals surface area contributed by atoms with E-state index >= 15 is 0 Å². The molecule has 2 aromatic heterocycles. The van der Waals surface area contributed by atoms with Crippen LogP contribution < -0.4 is 4.90 Å². The van der Waals surface area contributed by atoms with E-state index in [-0.39, 0.29) is 18.2 Å². The van der Waals surface area contributed by atoms with Gasteiger partial charge in [0.25, 0.3) is 5.91 Å². The monoisotopic (exact) mass is 346 g/mol. The normalized spacial score (nSPS) is 12.8. The molecule has 0 radical (unpaired) electrons. The molecular formula is C19H11FN4O2. The van der Waals surface area contributed by atoms with Gasteiger partial charge in [-0.15, -0.1) is 0 Å². The Hall–Kier alpha value is -3.79. The molecule has 1 amide bonds. The zero-order valence-corrected chi connectivity index (χ0v) is 13.3. The van der Waals surface area contributed by atoms with E-state index in [1.165, 1.54) is 29.4 Å². The average molecular weight is 346 g/mol. The van der Waals surface area contributed by atoms with Crippen molar-refractivity contribution in [1.82, 2.24) is 9.97 Å². The van der Waals surface area contributed by atoms with Crippen molar-refractivity contribution >= 4 is 11.7 Å². The fraction of sp³-hybridized carbons (Fsp3) is 0.0526. The Morgan fingerprint density at radius 1 is 1.15 bits per heavy atom. The quantitative estimate of drug-likeness (QED) is 0.770. The largest absolute Gasteiger partial charge is 0.507 e. The van der Waals surface area contributed by atoms with Crippen molar-refractivity contribution in [2.24, 2.45) is 0 Å². The van der Waals surface area contributed by atoms with Crippen LogP contribution in [0.3, 0.4) is 0 Å². The maximum absolute atomic E-state index is 13.3. The lowest BCUT2D eigenvalue weighted by molar-refractivity contribution is 0.0996. The number of phenolic OH excluding ortho intramolecular Hbond substituents is 1. The number of carbonyl (C=O) groups excluding carboxylic acids is 1. The topological polar surface area (TPSA) is 90.1 Å². The maximum atomic E-state index is 13.3. The van der Waals surface area contributed by atoms with Crippen molar-refractivity contribution < 1.29 is 14.3 Å². The number of fused-ring (bicyclic) bond motifs is 1. The van der Waals surface area contributed by atoms with Crippen LogP contribution in [0, 0.1) is 17.1 Å². The second-order valence-corrected chi connectivity index (χ2v) is 5.76. The standard InChI is InChI=1S/C19H11FN4O2/c20-12-2-3-14(16(25)7-12)18-15-10-24(19(26)13(15)5-6-22-18)17-4-1-11(8-21)9-23-17/h1-7,9,25H,10H2. The Balaban J connectivity index is 1.78. The summed E-state index contributed by atoms with van der Waals surface area (Å²) in [4.78, 5) is 22.7. The van der Waals surface area contributed by atoms with E-state index in [1.54, 1.807) is 18.2 Å². The van der Waals surface area contributed by atoms with E-state index in [9.17, 15) is 14.3 Å².